The molecule has 1 aliphatic heterocycles. The van der Waals surface area contributed by atoms with E-state index < -0.39 is 0 Å². The van der Waals surface area contributed by atoms with Gasteiger partial charge >= 0.3 is 0 Å². The molecule has 3 aliphatic rings. The molecule has 1 heterocycles. The van der Waals surface area contributed by atoms with Crippen LogP contribution in [0.2, 0.25) is 0 Å². The third kappa shape index (κ3) is 1.89. The molecule has 0 spiro atoms. The molecule has 2 aliphatic carbocycles. The van der Waals surface area contributed by atoms with Crippen molar-refractivity contribution in [3.8, 4) is 0 Å². The van der Waals surface area contributed by atoms with Gasteiger partial charge in [0.2, 0.25) is 0 Å². The molecule has 16 heavy (non-hydrogen) atoms. The molecule has 0 amide bonds. The average Bonchev–Trinajstić information content (AvgIpc) is 2.93. The van der Waals surface area contributed by atoms with E-state index in [1.807, 2.05) is 0 Å². The summed E-state index contributed by atoms with van der Waals surface area (Å²) in [6.45, 7) is 5.14. The fourth-order valence-electron chi connectivity index (χ4n) is 3.97. The minimum Gasteiger partial charge on any atom is -0.396 e. The van der Waals surface area contributed by atoms with Crippen molar-refractivity contribution >= 4 is 0 Å². The van der Waals surface area contributed by atoms with Gasteiger partial charge in [-0.25, -0.2) is 0 Å². The standard InChI is InChI=1S/C13H22O3/c1-8-2-9-3-11(8)12(4-14)13(9)7-15-5-10-6-16-10/h8-14H,2-7H2,1H3/t8-,9?,10?,11?,12?,13?/m1/s1. The normalized spacial score (nSPS) is 49.9. The zero-order chi connectivity index (χ0) is 11.1. The van der Waals surface area contributed by atoms with Gasteiger partial charge in [0.15, 0.2) is 0 Å². The Morgan fingerprint density at radius 1 is 1.25 bits per heavy atom. The van der Waals surface area contributed by atoms with Crippen LogP contribution in [0.5, 0.6) is 0 Å². The first-order valence-corrected chi connectivity index (χ1v) is 6.59. The Kier molecular flexibility index (Phi) is 2.94. The van der Waals surface area contributed by atoms with Crippen molar-refractivity contribution in [3.63, 3.8) is 0 Å². The van der Waals surface area contributed by atoms with Crippen LogP contribution >= 0.6 is 0 Å². The molecule has 0 aromatic heterocycles. The van der Waals surface area contributed by atoms with Gasteiger partial charge in [0.05, 0.1) is 19.8 Å². The van der Waals surface area contributed by atoms with Gasteiger partial charge in [0.25, 0.3) is 0 Å². The van der Waals surface area contributed by atoms with Crippen molar-refractivity contribution in [1.82, 2.24) is 0 Å². The summed E-state index contributed by atoms with van der Waals surface area (Å²) in [5.41, 5.74) is 0. The predicted molar refractivity (Wildman–Crippen MR) is 60.0 cm³/mol. The van der Waals surface area contributed by atoms with Gasteiger partial charge in [-0.15, -0.1) is 0 Å². The van der Waals surface area contributed by atoms with E-state index in [0.29, 0.717) is 24.5 Å². The van der Waals surface area contributed by atoms with Gasteiger partial charge in [-0.1, -0.05) is 6.92 Å². The number of rotatable bonds is 5. The molecule has 6 atom stereocenters. The lowest BCUT2D eigenvalue weighted by Crippen LogP contribution is -2.32. The molecule has 0 radical (unpaired) electrons. The van der Waals surface area contributed by atoms with E-state index in [1.54, 1.807) is 0 Å². The molecule has 0 aromatic carbocycles. The fourth-order valence-corrected chi connectivity index (χ4v) is 3.97. The smallest absolute Gasteiger partial charge is 0.104 e. The van der Waals surface area contributed by atoms with Gasteiger partial charge < -0.3 is 14.6 Å². The Hall–Kier alpha value is -0.120. The highest BCUT2D eigenvalue weighted by molar-refractivity contribution is 4.99. The Balaban J connectivity index is 1.53. The van der Waals surface area contributed by atoms with Crippen LogP contribution in [0.4, 0.5) is 0 Å². The maximum atomic E-state index is 9.52. The predicted octanol–water partition coefficient (Wildman–Crippen LogP) is 1.30. The topological polar surface area (TPSA) is 42.0 Å². The largest absolute Gasteiger partial charge is 0.396 e. The fraction of sp³-hybridized carbons (Fsp3) is 1.00. The highest BCUT2D eigenvalue weighted by Crippen LogP contribution is 2.54. The van der Waals surface area contributed by atoms with E-state index in [4.69, 9.17) is 9.47 Å². The Morgan fingerprint density at radius 2 is 2.06 bits per heavy atom. The number of ether oxygens (including phenoxy) is 2. The second-order valence-electron chi connectivity index (χ2n) is 5.88. The van der Waals surface area contributed by atoms with Crippen LogP contribution in [0.25, 0.3) is 0 Å². The molecular weight excluding hydrogens is 204 g/mol. The van der Waals surface area contributed by atoms with Crippen LogP contribution in [0.1, 0.15) is 19.8 Å². The summed E-state index contributed by atoms with van der Waals surface area (Å²) in [5.74, 6) is 3.46. The van der Waals surface area contributed by atoms with Crippen molar-refractivity contribution in [3.05, 3.63) is 0 Å². The molecule has 3 fully saturated rings. The van der Waals surface area contributed by atoms with E-state index in [0.717, 1.165) is 37.6 Å². The number of aliphatic hydroxyl groups is 1. The molecule has 3 rings (SSSR count). The van der Waals surface area contributed by atoms with Crippen molar-refractivity contribution in [2.24, 2.45) is 29.6 Å². The summed E-state index contributed by atoms with van der Waals surface area (Å²) >= 11 is 0. The zero-order valence-electron chi connectivity index (χ0n) is 9.97. The Labute approximate surface area is 97.1 Å². The molecule has 3 heteroatoms. The third-order valence-electron chi connectivity index (χ3n) is 4.91. The molecule has 92 valence electrons. The summed E-state index contributed by atoms with van der Waals surface area (Å²) < 4.78 is 10.9. The lowest BCUT2D eigenvalue weighted by molar-refractivity contribution is 0.0166. The molecule has 1 saturated heterocycles. The molecule has 0 aromatic rings. The Morgan fingerprint density at radius 3 is 2.75 bits per heavy atom. The molecular formula is C13H22O3. The SMILES string of the molecule is C[C@@H]1CC2CC1C(CO)C2COCC1CO1. The minimum atomic E-state index is 0.347. The summed E-state index contributed by atoms with van der Waals surface area (Å²) in [6.07, 6.45) is 3.03. The van der Waals surface area contributed by atoms with Crippen LogP contribution in [0, 0.1) is 29.6 Å². The summed E-state index contributed by atoms with van der Waals surface area (Å²) in [7, 11) is 0. The van der Waals surface area contributed by atoms with Crippen LogP contribution in [-0.2, 0) is 9.47 Å². The van der Waals surface area contributed by atoms with Crippen molar-refractivity contribution in [2.75, 3.05) is 26.4 Å². The number of hydrogen-bond donors (Lipinski definition) is 1. The molecule has 5 unspecified atom stereocenters. The minimum absolute atomic E-state index is 0.347. The molecule has 2 bridgehead atoms. The molecule has 2 saturated carbocycles. The first-order chi connectivity index (χ1) is 7.79. The highest BCUT2D eigenvalue weighted by Gasteiger charge is 2.50. The van der Waals surface area contributed by atoms with E-state index in [1.165, 1.54) is 12.8 Å². The molecule has 1 N–H and O–H groups in total. The van der Waals surface area contributed by atoms with Crippen molar-refractivity contribution < 1.29 is 14.6 Å². The second-order valence-corrected chi connectivity index (χ2v) is 5.88. The van der Waals surface area contributed by atoms with Crippen molar-refractivity contribution in [1.29, 1.82) is 0 Å². The number of aliphatic hydroxyl groups excluding tert-OH is 1. The van der Waals surface area contributed by atoms with Crippen molar-refractivity contribution in [2.45, 2.75) is 25.9 Å². The van der Waals surface area contributed by atoms with E-state index in [9.17, 15) is 5.11 Å². The maximum absolute atomic E-state index is 9.52. The number of hydrogen-bond acceptors (Lipinski definition) is 3. The first kappa shape index (κ1) is 11.0. The van der Waals surface area contributed by atoms with Gasteiger partial charge in [0.1, 0.15) is 6.10 Å². The average molecular weight is 226 g/mol. The van der Waals surface area contributed by atoms with Gasteiger partial charge in [-0.2, -0.15) is 0 Å². The summed E-state index contributed by atoms with van der Waals surface area (Å²) in [5, 5.41) is 9.52. The highest BCUT2D eigenvalue weighted by atomic mass is 16.6. The zero-order valence-corrected chi connectivity index (χ0v) is 9.97. The summed E-state index contributed by atoms with van der Waals surface area (Å²) in [6, 6.07) is 0. The van der Waals surface area contributed by atoms with E-state index in [-0.39, 0.29) is 0 Å². The first-order valence-electron chi connectivity index (χ1n) is 6.59. The Bertz CT molecular complexity index is 252. The number of fused-ring (bicyclic) bond motifs is 2. The third-order valence-corrected chi connectivity index (χ3v) is 4.91. The van der Waals surface area contributed by atoms with Crippen LogP contribution in [-0.4, -0.2) is 37.6 Å². The number of epoxide rings is 1. The van der Waals surface area contributed by atoms with Crippen LogP contribution < -0.4 is 0 Å². The second kappa shape index (κ2) is 4.28. The van der Waals surface area contributed by atoms with Crippen LogP contribution in [0.3, 0.4) is 0 Å². The van der Waals surface area contributed by atoms with E-state index >= 15 is 0 Å². The monoisotopic (exact) mass is 226 g/mol. The summed E-state index contributed by atoms with van der Waals surface area (Å²) in [4.78, 5) is 0. The van der Waals surface area contributed by atoms with Gasteiger partial charge in [0, 0.05) is 6.61 Å². The lowest BCUT2D eigenvalue weighted by Gasteiger charge is -2.33. The van der Waals surface area contributed by atoms with Crippen LogP contribution in [0.15, 0.2) is 0 Å². The van der Waals surface area contributed by atoms with E-state index in [2.05, 4.69) is 6.92 Å². The van der Waals surface area contributed by atoms with Gasteiger partial charge in [-0.3, -0.25) is 0 Å². The van der Waals surface area contributed by atoms with Gasteiger partial charge in [-0.05, 0) is 42.4 Å². The quantitative estimate of drug-likeness (QED) is 0.719. The maximum Gasteiger partial charge on any atom is 0.104 e. The molecule has 3 nitrogen and oxygen atoms in total. The lowest BCUT2D eigenvalue weighted by atomic mass is 9.75.